The maximum atomic E-state index is 3.43. The summed E-state index contributed by atoms with van der Waals surface area (Å²) in [6, 6.07) is 35.6. The first-order valence-corrected chi connectivity index (χ1v) is 11.1. The molecule has 27 heavy (non-hydrogen) atoms. The van der Waals surface area contributed by atoms with Crippen molar-refractivity contribution in [3.05, 3.63) is 116 Å². The summed E-state index contributed by atoms with van der Waals surface area (Å²) in [6.45, 7) is 0. The zero-order chi connectivity index (χ0) is 19.1. The molecule has 4 aromatic rings. The van der Waals surface area contributed by atoms with E-state index < -0.39 is 0 Å². The maximum absolute atomic E-state index is 3.43. The lowest BCUT2D eigenvalue weighted by Gasteiger charge is -2.01. The molecular weight excluding hydrogens is 575 g/mol. The molecule has 134 valence electrons. The predicted octanol–water partition coefficient (Wildman–Crippen LogP) is 8.84. The monoisotopic (exact) mass is 590 g/mol. The summed E-state index contributed by atoms with van der Waals surface area (Å²) in [5.74, 6) is 0. The molecule has 0 spiro atoms. The van der Waals surface area contributed by atoms with Gasteiger partial charge in [0.15, 0.2) is 0 Å². The zero-order valence-corrected chi connectivity index (χ0v) is 19.8. The quantitative estimate of drug-likeness (QED) is 0.204. The first-order chi connectivity index (χ1) is 13.1. The first kappa shape index (κ1) is 20.3. The number of benzene rings is 4. The summed E-state index contributed by atoms with van der Waals surface area (Å²) in [4.78, 5) is 0. The minimum absolute atomic E-state index is 1.12. The Kier molecular flexibility index (Phi) is 7.68. The van der Waals surface area contributed by atoms with Gasteiger partial charge in [0.05, 0.1) is 0 Å². The summed E-state index contributed by atoms with van der Waals surface area (Å²) >= 11 is 9.16. The normalized spacial score (nSPS) is 10.0. The largest absolute Gasteiger partial charge is 0.0622 e. The van der Waals surface area contributed by atoms with E-state index in [1.165, 1.54) is 25.8 Å². The van der Waals surface area contributed by atoms with Gasteiger partial charge in [0.25, 0.3) is 0 Å². The van der Waals surface area contributed by atoms with Gasteiger partial charge in [-0.3, -0.25) is 0 Å². The molecule has 0 bridgehead atoms. The first-order valence-electron chi connectivity index (χ1n) is 8.44. The van der Waals surface area contributed by atoms with Gasteiger partial charge in [-0.1, -0.05) is 98.6 Å². The fraction of sp³-hybridized carbons (Fsp3) is 0. The summed E-state index contributed by atoms with van der Waals surface area (Å²) in [6.07, 6.45) is 0. The van der Waals surface area contributed by atoms with Crippen LogP contribution < -0.4 is 0 Å². The molecule has 0 saturated carbocycles. The van der Waals surface area contributed by atoms with Crippen LogP contribution in [0.4, 0.5) is 0 Å². The van der Waals surface area contributed by atoms with Crippen LogP contribution in [0.1, 0.15) is 0 Å². The third-order valence-electron chi connectivity index (χ3n) is 3.97. The fourth-order valence-corrected chi connectivity index (χ4v) is 3.45. The van der Waals surface area contributed by atoms with E-state index in [4.69, 9.17) is 0 Å². The molecular formula is C24H17Br2I. The Morgan fingerprint density at radius 2 is 0.741 bits per heavy atom. The van der Waals surface area contributed by atoms with E-state index in [2.05, 4.69) is 152 Å². The van der Waals surface area contributed by atoms with Crippen LogP contribution in [0.25, 0.3) is 22.3 Å². The van der Waals surface area contributed by atoms with Crippen LogP contribution in [0, 0.1) is 3.57 Å². The molecule has 3 heteroatoms. The van der Waals surface area contributed by atoms with Gasteiger partial charge in [-0.15, -0.1) is 0 Å². The second-order valence-corrected chi connectivity index (χ2v) is 8.96. The molecule has 0 atom stereocenters. The van der Waals surface area contributed by atoms with Crippen molar-refractivity contribution in [3.8, 4) is 22.3 Å². The van der Waals surface area contributed by atoms with E-state index >= 15 is 0 Å². The maximum Gasteiger partial charge on any atom is 0.0175 e. The van der Waals surface area contributed by atoms with Crippen molar-refractivity contribution in [1.29, 1.82) is 0 Å². The minimum Gasteiger partial charge on any atom is -0.0622 e. The SMILES string of the molecule is Brc1ccc(-c2ccc(I)cc2)cc1.Brc1ccc(-c2ccccc2)cc1. The smallest absolute Gasteiger partial charge is 0.0175 e. The van der Waals surface area contributed by atoms with Crippen molar-refractivity contribution in [2.45, 2.75) is 0 Å². The molecule has 0 fully saturated rings. The molecule has 0 aliphatic heterocycles. The Morgan fingerprint density at radius 1 is 0.407 bits per heavy atom. The lowest BCUT2D eigenvalue weighted by Crippen LogP contribution is -1.77. The molecule has 0 N–H and O–H groups in total. The van der Waals surface area contributed by atoms with Gasteiger partial charge in [0.2, 0.25) is 0 Å². The van der Waals surface area contributed by atoms with Crippen LogP contribution in [-0.2, 0) is 0 Å². The van der Waals surface area contributed by atoms with Crippen molar-refractivity contribution in [2.75, 3.05) is 0 Å². The molecule has 0 aromatic heterocycles. The Bertz CT molecular complexity index is 918. The average Bonchev–Trinajstić information content (AvgIpc) is 2.71. The molecule has 0 amide bonds. The summed E-state index contributed by atoms with van der Waals surface area (Å²) in [5.41, 5.74) is 5.03. The number of halogens is 3. The minimum atomic E-state index is 1.12. The highest BCUT2D eigenvalue weighted by atomic mass is 127. The average molecular weight is 592 g/mol. The molecule has 0 radical (unpaired) electrons. The van der Waals surface area contributed by atoms with E-state index in [0.29, 0.717) is 0 Å². The molecule has 0 aliphatic carbocycles. The predicted molar refractivity (Wildman–Crippen MR) is 132 cm³/mol. The molecule has 0 saturated heterocycles. The van der Waals surface area contributed by atoms with Crippen LogP contribution in [0.5, 0.6) is 0 Å². The van der Waals surface area contributed by atoms with Gasteiger partial charge in [-0.25, -0.2) is 0 Å². The van der Waals surface area contributed by atoms with Crippen molar-refractivity contribution in [3.63, 3.8) is 0 Å². The number of hydrogen-bond donors (Lipinski definition) is 0. The Hall–Kier alpha value is -1.43. The summed E-state index contributed by atoms with van der Waals surface area (Å²) in [7, 11) is 0. The fourth-order valence-electron chi connectivity index (χ4n) is 2.56. The van der Waals surface area contributed by atoms with Crippen molar-refractivity contribution in [1.82, 2.24) is 0 Å². The van der Waals surface area contributed by atoms with Crippen molar-refractivity contribution >= 4 is 54.5 Å². The van der Waals surface area contributed by atoms with Crippen LogP contribution in [0.3, 0.4) is 0 Å². The Labute approximate surface area is 191 Å². The molecule has 0 unspecified atom stereocenters. The Balaban J connectivity index is 0.000000156. The summed E-state index contributed by atoms with van der Waals surface area (Å²) in [5, 5.41) is 0. The van der Waals surface area contributed by atoms with Crippen LogP contribution >= 0.6 is 54.5 Å². The van der Waals surface area contributed by atoms with E-state index in [-0.39, 0.29) is 0 Å². The lowest BCUT2D eigenvalue weighted by molar-refractivity contribution is 1.58. The van der Waals surface area contributed by atoms with Crippen LogP contribution in [0.2, 0.25) is 0 Å². The van der Waals surface area contributed by atoms with Crippen molar-refractivity contribution < 1.29 is 0 Å². The van der Waals surface area contributed by atoms with E-state index in [1.807, 2.05) is 6.07 Å². The standard InChI is InChI=1S/C12H8BrI.C12H9Br/c13-11-5-1-9(2-6-11)10-3-7-12(14)8-4-10;13-12-8-6-11(7-9-12)10-4-2-1-3-5-10/h1-8H;1-9H. The van der Waals surface area contributed by atoms with E-state index in [0.717, 1.165) is 8.95 Å². The van der Waals surface area contributed by atoms with Gasteiger partial charge >= 0.3 is 0 Å². The second-order valence-electron chi connectivity index (χ2n) is 5.89. The lowest BCUT2D eigenvalue weighted by atomic mass is 10.1. The summed E-state index contributed by atoms with van der Waals surface area (Å²) < 4.78 is 3.50. The van der Waals surface area contributed by atoms with E-state index in [1.54, 1.807) is 0 Å². The molecule has 0 heterocycles. The Morgan fingerprint density at radius 3 is 1.15 bits per heavy atom. The number of hydrogen-bond acceptors (Lipinski definition) is 0. The van der Waals surface area contributed by atoms with Crippen LogP contribution in [0.15, 0.2) is 112 Å². The van der Waals surface area contributed by atoms with Crippen molar-refractivity contribution in [2.24, 2.45) is 0 Å². The highest BCUT2D eigenvalue weighted by Crippen LogP contribution is 2.22. The van der Waals surface area contributed by atoms with Gasteiger partial charge < -0.3 is 0 Å². The third kappa shape index (κ3) is 6.30. The molecule has 4 rings (SSSR count). The second kappa shape index (κ2) is 10.2. The molecule has 0 nitrogen and oxygen atoms in total. The van der Waals surface area contributed by atoms with Gasteiger partial charge in [0, 0.05) is 12.5 Å². The topological polar surface area (TPSA) is 0 Å². The number of rotatable bonds is 2. The zero-order valence-electron chi connectivity index (χ0n) is 14.4. The van der Waals surface area contributed by atoms with Crippen LogP contribution in [-0.4, -0.2) is 0 Å². The highest BCUT2D eigenvalue weighted by Gasteiger charge is 1.96. The molecule has 0 aliphatic rings. The highest BCUT2D eigenvalue weighted by molar-refractivity contribution is 14.1. The van der Waals surface area contributed by atoms with Gasteiger partial charge in [0.1, 0.15) is 0 Å². The third-order valence-corrected chi connectivity index (χ3v) is 5.75. The molecule has 4 aromatic carbocycles. The van der Waals surface area contributed by atoms with E-state index in [9.17, 15) is 0 Å². The van der Waals surface area contributed by atoms with Gasteiger partial charge in [-0.05, 0) is 81.2 Å². The van der Waals surface area contributed by atoms with Gasteiger partial charge in [-0.2, -0.15) is 0 Å².